The monoisotopic (exact) mass is 273 g/mol. The van der Waals surface area contributed by atoms with Crippen molar-refractivity contribution in [2.24, 2.45) is 5.92 Å². The van der Waals surface area contributed by atoms with Crippen molar-refractivity contribution in [1.82, 2.24) is 3.53 Å². The summed E-state index contributed by atoms with van der Waals surface area (Å²) < 4.78 is 2.50. The van der Waals surface area contributed by atoms with Gasteiger partial charge in [-0.05, 0) is 5.92 Å². The van der Waals surface area contributed by atoms with E-state index in [0.29, 0.717) is 0 Å². The third-order valence-corrected chi connectivity index (χ3v) is 2.08. The summed E-state index contributed by atoms with van der Waals surface area (Å²) in [6, 6.07) is -0.879. The summed E-state index contributed by atoms with van der Waals surface area (Å²) >= 11 is 1.72. The third kappa shape index (κ3) is 3.35. The minimum absolute atomic E-state index is 0.0571. The minimum atomic E-state index is -1.03. The number of halogens is 1. The van der Waals surface area contributed by atoms with Crippen LogP contribution in [0, 0.1) is 5.92 Å². The molecule has 11 heavy (non-hydrogen) atoms. The summed E-state index contributed by atoms with van der Waals surface area (Å²) in [5.74, 6) is -1.08. The molecule has 0 spiro atoms. The number of carboxylic acids is 1. The third-order valence-electron chi connectivity index (χ3n) is 1.41. The number of rotatable bonds is 4. The van der Waals surface area contributed by atoms with Gasteiger partial charge in [0.05, 0.1) is 6.10 Å². The molecule has 2 atom stereocenters. The molecule has 66 valence electrons. The average molecular weight is 273 g/mol. The Labute approximate surface area is 79.5 Å². The lowest BCUT2D eigenvalue weighted by Crippen LogP contribution is -2.44. The Hall–Kier alpha value is 0.120. The SMILES string of the molecule is CC(C)[C@@H](O)[C@@H](NI)C(=O)O. The zero-order valence-corrected chi connectivity index (χ0v) is 8.57. The van der Waals surface area contributed by atoms with E-state index < -0.39 is 18.1 Å². The Balaban J connectivity index is 4.14. The van der Waals surface area contributed by atoms with Gasteiger partial charge in [0.2, 0.25) is 0 Å². The van der Waals surface area contributed by atoms with E-state index in [1.54, 1.807) is 36.7 Å². The predicted molar refractivity (Wildman–Crippen MR) is 49.4 cm³/mol. The Morgan fingerprint density at radius 3 is 2.09 bits per heavy atom. The van der Waals surface area contributed by atoms with Crippen LogP contribution in [0.25, 0.3) is 0 Å². The van der Waals surface area contributed by atoms with E-state index in [4.69, 9.17) is 5.11 Å². The first-order chi connectivity index (χ1) is 5.00. The van der Waals surface area contributed by atoms with Gasteiger partial charge in [0.1, 0.15) is 6.04 Å². The molecule has 0 aliphatic rings. The molecule has 0 aliphatic heterocycles. The summed E-state index contributed by atoms with van der Waals surface area (Å²) in [6.07, 6.45) is -0.843. The van der Waals surface area contributed by atoms with Crippen molar-refractivity contribution in [3.05, 3.63) is 0 Å². The van der Waals surface area contributed by atoms with Crippen molar-refractivity contribution < 1.29 is 15.0 Å². The Morgan fingerprint density at radius 2 is 2.00 bits per heavy atom. The zero-order chi connectivity index (χ0) is 9.02. The summed E-state index contributed by atoms with van der Waals surface area (Å²) in [4.78, 5) is 10.4. The van der Waals surface area contributed by atoms with E-state index in [9.17, 15) is 9.90 Å². The highest BCUT2D eigenvalue weighted by molar-refractivity contribution is 14.1. The Kier molecular flexibility index (Phi) is 4.94. The summed E-state index contributed by atoms with van der Waals surface area (Å²) in [5, 5.41) is 17.9. The molecule has 0 amide bonds. The standard InChI is InChI=1S/C6H12INO3/c1-3(2)5(9)4(8-7)6(10)11/h3-5,8-9H,1-2H3,(H,10,11)/t4-,5-/m1/s1. The normalized spacial score (nSPS) is 16.5. The van der Waals surface area contributed by atoms with E-state index in [1.807, 2.05) is 0 Å². The molecular formula is C6H12INO3. The zero-order valence-electron chi connectivity index (χ0n) is 6.41. The van der Waals surface area contributed by atoms with Gasteiger partial charge in [-0.3, -0.25) is 4.79 Å². The van der Waals surface area contributed by atoms with Crippen LogP contribution >= 0.6 is 22.9 Å². The lowest BCUT2D eigenvalue weighted by atomic mass is 10.0. The highest BCUT2D eigenvalue weighted by Gasteiger charge is 2.27. The van der Waals surface area contributed by atoms with Crippen LogP contribution in [0.15, 0.2) is 0 Å². The molecule has 3 N–H and O–H groups in total. The predicted octanol–water partition coefficient (Wildman–Crippen LogP) is 0.396. The van der Waals surface area contributed by atoms with E-state index >= 15 is 0 Å². The second-order valence-electron chi connectivity index (χ2n) is 2.66. The van der Waals surface area contributed by atoms with Crippen LogP contribution in [0.1, 0.15) is 13.8 Å². The van der Waals surface area contributed by atoms with Crippen LogP contribution in [0.3, 0.4) is 0 Å². The van der Waals surface area contributed by atoms with Gasteiger partial charge in [-0.25, -0.2) is 3.53 Å². The van der Waals surface area contributed by atoms with Crippen LogP contribution in [0.5, 0.6) is 0 Å². The largest absolute Gasteiger partial charge is 0.480 e. The molecule has 5 heteroatoms. The molecule has 0 bridgehead atoms. The van der Waals surface area contributed by atoms with Gasteiger partial charge in [-0.1, -0.05) is 13.8 Å². The maximum atomic E-state index is 10.4. The van der Waals surface area contributed by atoms with Gasteiger partial charge in [0, 0.05) is 22.9 Å². The molecule has 0 aromatic carbocycles. The molecule has 0 aromatic heterocycles. The molecule has 0 heterocycles. The highest BCUT2D eigenvalue weighted by Crippen LogP contribution is 2.07. The number of aliphatic hydroxyl groups excluding tert-OH is 1. The van der Waals surface area contributed by atoms with E-state index in [0.717, 1.165) is 0 Å². The number of hydrogen-bond acceptors (Lipinski definition) is 3. The first kappa shape index (κ1) is 11.1. The molecular weight excluding hydrogens is 261 g/mol. The molecule has 0 saturated heterocycles. The maximum Gasteiger partial charge on any atom is 0.324 e. The molecule has 0 fully saturated rings. The summed E-state index contributed by atoms with van der Waals surface area (Å²) in [5.41, 5.74) is 0. The maximum absolute atomic E-state index is 10.4. The van der Waals surface area contributed by atoms with E-state index in [2.05, 4.69) is 3.53 Å². The summed E-state index contributed by atoms with van der Waals surface area (Å²) in [6.45, 7) is 3.54. The lowest BCUT2D eigenvalue weighted by molar-refractivity contribution is -0.142. The quantitative estimate of drug-likeness (QED) is 0.512. The fraction of sp³-hybridized carbons (Fsp3) is 0.833. The first-order valence-electron chi connectivity index (χ1n) is 3.27. The van der Waals surface area contributed by atoms with Crippen molar-refractivity contribution in [1.29, 1.82) is 0 Å². The fourth-order valence-electron chi connectivity index (χ4n) is 0.642. The van der Waals surface area contributed by atoms with Crippen LogP contribution < -0.4 is 3.53 Å². The molecule has 0 unspecified atom stereocenters. The second-order valence-corrected chi connectivity index (χ2v) is 3.28. The van der Waals surface area contributed by atoms with E-state index in [1.165, 1.54) is 0 Å². The molecule has 0 aliphatic carbocycles. The van der Waals surface area contributed by atoms with Crippen LogP contribution in [0.4, 0.5) is 0 Å². The number of nitrogens with one attached hydrogen (secondary N) is 1. The number of carbonyl (C=O) groups is 1. The van der Waals surface area contributed by atoms with Gasteiger partial charge in [0.15, 0.2) is 0 Å². The van der Waals surface area contributed by atoms with Gasteiger partial charge in [0.25, 0.3) is 0 Å². The van der Waals surface area contributed by atoms with Crippen LogP contribution in [-0.4, -0.2) is 28.3 Å². The van der Waals surface area contributed by atoms with Gasteiger partial charge in [-0.2, -0.15) is 0 Å². The van der Waals surface area contributed by atoms with Crippen molar-refractivity contribution in [3.8, 4) is 0 Å². The molecule has 0 radical (unpaired) electrons. The molecule has 4 nitrogen and oxygen atoms in total. The van der Waals surface area contributed by atoms with Gasteiger partial charge < -0.3 is 10.2 Å². The Bertz CT molecular complexity index is 140. The van der Waals surface area contributed by atoms with Gasteiger partial charge >= 0.3 is 5.97 Å². The van der Waals surface area contributed by atoms with E-state index in [-0.39, 0.29) is 5.92 Å². The average Bonchev–Trinajstić information content (AvgIpc) is 1.88. The molecule has 0 aromatic rings. The first-order valence-corrected chi connectivity index (χ1v) is 4.35. The second kappa shape index (κ2) is 4.89. The van der Waals surface area contributed by atoms with Crippen molar-refractivity contribution in [2.45, 2.75) is 26.0 Å². The number of hydrogen-bond donors (Lipinski definition) is 3. The fourth-order valence-corrected chi connectivity index (χ4v) is 1.28. The molecule has 0 rings (SSSR count). The number of aliphatic hydroxyl groups is 1. The number of carboxylic acid groups (broad SMARTS) is 1. The lowest BCUT2D eigenvalue weighted by Gasteiger charge is -2.20. The van der Waals surface area contributed by atoms with Crippen LogP contribution in [-0.2, 0) is 4.79 Å². The van der Waals surface area contributed by atoms with Crippen molar-refractivity contribution in [3.63, 3.8) is 0 Å². The smallest absolute Gasteiger partial charge is 0.324 e. The number of aliphatic carboxylic acids is 1. The van der Waals surface area contributed by atoms with Crippen LogP contribution in [0.2, 0.25) is 0 Å². The Morgan fingerprint density at radius 1 is 1.55 bits per heavy atom. The van der Waals surface area contributed by atoms with Crippen molar-refractivity contribution >= 4 is 28.8 Å². The minimum Gasteiger partial charge on any atom is -0.480 e. The molecule has 0 saturated carbocycles. The van der Waals surface area contributed by atoms with Crippen molar-refractivity contribution in [2.75, 3.05) is 0 Å². The summed E-state index contributed by atoms with van der Waals surface area (Å²) in [7, 11) is 0. The topological polar surface area (TPSA) is 69.6 Å². The highest BCUT2D eigenvalue weighted by atomic mass is 127. The van der Waals surface area contributed by atoms with Gasteiger partial charge in [-0.15, -0.1) is 0 Å².